The number of carbonyl (C=O) groups excluding carboxylic acids is 1. The van der Waals surface area contributed by atoms with E-state index in [0.29, 0.717) is 67.4 Å². The van der Waals surface area contributed by atoms with Crippen LogP contribution < -0.4 is 33.8 Å². The second kappa shape index (κ2) is 15.1. The van der Waals surface area contributed by atoms with Crippen molar-refractivity contribution in [3.63, 3.8) is 0 Å². The third kappa shape index (κ3) is 7.45. The van der Waals surface area contributed by atoms with Gasteiger partial charge in [0.15, 0.2) is 27.8 Å². The van der Waals surface area contributed by atoms with Crippen LogP contribution in [0.4, 0.5) is 0 Å². The number of thiazole rings is 1. The van der Waals surface area contributed by atoms with E-state index >= 15 is 0 Å². The van der Waals surface area contributed by atoms with Crippen molar-refractivity contribution in [2.24, 2.45) is 4.99 Å². The summed E-state index contributed by atoms with van der Waals surface area (Å²) in [5.41, 5.74) is 3.85. The van der Waals surface area contributed by atoms with Gasteiger partial charge in [-0.1, -0.05) is 58.8 Å². The lowest BCUT2D eigenvalue weighted by molar-refractivity contribution is -0.139. The largest absolute Gasteiger partial charge is 0.493 e. The molecule has 0 spiro atoms. The minimum Gasteiger partial charge on any atom is -0.493 e. The maximum Gasteiger partial charge on any atom is 0.338 e. The Balaban J connectivity index is 1.60. The monoisotopic (exact) mass is 690 g/mol. The van der Waals surface area contributed by atoms with Gasteiger partial charge in [-0.25, -0.2) is 9.79 Å². The molecule has 0 radical (unpaired) electrons. The average Bonchev–Trinajstić information content (AvgIpc) is 3.34. The fourth-order valence-corrected chi connectivity index (χ4v) is 6.70. The number of fused-ring (bicyclic) bond motifs is 1. The first kappa shape index (κ1) is 34.8. The van der Waals surface area contributed by atoms with Crippen LogP contribution in [0.25, 0.3) is 6.08 Å². The van der Waals surface area contributed by atoms with Crippen molar-refractivity contribution in [3.8, 4) is 23.0 Å². The smallest absolute Gasteiger partial charge is 0.338 e. The van der Waals surface area contributed by atoms with E-state index in [9.17, 15) is 9.59 Å². The Bertz CT molecular complexity index is 2030. The quantitative estimate of drug-likeness (QED) is 0.156. The molecule has 1 aliphatic heterocycles. The number of aromatic nitrogens is 1. The molecule has 0 aliphatic carbocycles. The van der Waals surface area contributed by atoms with E-state index in [2.05, 4.69) is 4.99 Å². The highest BCUT2D eigenvalue weighted by Crippen LogP contribution is 2.38. The number of nitrogens with zero attached hydrogens (tertiary/aromatic N) is 2. The van der Waals surface area contributed by atoms with Gasteiger partial charge in [-0.05, 0) is 88.6 Å². The van der Waals surface area contributed by atoms with Crippen LogP contribution in [-0.4, -0.2) is 37.0 Å². The summed E-state index contributed by atoms with van der Waals surface area (Å²) in [5.74, 6) is 1.37. The Morgan fingerprint density at radius 1 is 1.00 bits per heavy atom. The normalized spacial score (nSPS) is 14.4. The first-order chi connectivity index (χ1) is 23.0. The molecule has 0 amide bonds. The van der Waals surface area contributed by atoms with Crippen LogP contribution in [0.1, 0.15) is 62.9 Å². The molecule has 11 heteroatoms. The molecule has 1 atom stereocenters. The number of methoxy groups -OCH3 is 1. The Kier molecular flexibility index (Phi) is 11.0. The van der Waals surface area contributed by atoms with Crippen molar-refractivity contribution >= 4 is 35.0 Å². The molecular weight excluding hydrogens is 652 g/mol. The molecule has 1 aliphatic rings. The summed E-state index contributed by atoms with van der Waals surface area (Å²) >= 11 is 7.96. The molecular formula is C37H39ClN2O7S. The summed E-state index contributed by atoms with van der Waals surface area (Å²) < 4.78 is 30.9. The molecule has 2 heterocycles. The molecule has 0 bridgehead atoms. The summed E-state index contributed by atoms with van der Waals surface area (Å²) in [6, 6.07) is 16.2. The Morgan fingerprint density at radius 2 is 1.75 bits per heavy atom. The third-order valence-electron chi connectivity index (χ3n) is 7.52. The minimum absolute atomic E-state index is 0.0785. The van der Waals surface area contributed by atoms with Gasteiger partial charge < -0.3 is 23.7 Å². The molecule has 1 aromatic heterocycles. The van der Waals surface area contributed by atoms with E-state index in [1.54, 1.807) is 51.3 Å². The van der Waals surface area contributed by atoms with Gasteiger partial charge in [0.2, 0.25) is 0 Å². The minimum atomic E-state index is -0.815. The lowest BCUT2D eigenvalue weighted by atomic mass is 9.95. The number of aryl methyl sites for hydroxylation is 1. The van der Waals surface area contributed by atoms with E-state index in [1.165, 1.54) is 15.9 Å². The van der Waals surface area contributed by atoms with Gasteiger partial charge >= 0.3 is 5.97 Å². The maximum atomic E-state index is 14.2. The van der Waals surface area contributed by atoms with E-state index < -0.39 is 12.0 Å². The molecule has 48 heavy (non-hydrogen) atoms. The highest BCUT2D eigenvalue weighted by molar-refractivity contribution is 7.07. The Morgan fingerprint density at radius 3 is 2.42 bits per heavy atom. The molecule has 9 nitrogen and oxygen atoms in total. The van der Waals surface area contributed by atoms with E-state index in [1.807, 2.05) is 58.0 Å². The molecule has 0 saturated carbocycles. The standard InChI is InChI=1S/C37H39ClN2O7S/c1-8-44-30-17-25(16-27(38)34(30)46-20-24-12-10-22(5)11-13-24)18-31-35(41)40-33(26-14-15-28(47-21(3)4)29(19-26)43-7)32(36(42)45-9-2)23(6)39-37(40)48-31/h10-19,21,33H,8-9,20H2,1-7H3/b31-18-/t33-/m1/s1. The number of benzene rings is 3. The number of hydrogen-bond acceptors (Lipinski definition) is 9. The van der Waals surface area contributed by atoms with Gasteiger partial charge in [0.1, 0.15) is 6.61 Å². The van der Waals surface area contributed by atoms with Gasteiger partial charge in [0.25, 0.3) is 5.56 Å². The van der Waals surface area contributed by atoms with Crippen LogP contribution in [0.2, 0.25) is 5.02 Å². The van der Waals surface area contributed by atoms with Crippen LogP contribution in [-0.2, 0) is 16.1 Å². The van der Waals surface area contributed by atoms with Crippen molar-refractivity contribution in [1.29, 1.82) is 0 Å². The van der Waals surface area contributed by atoms with Crippen LogP contribution in [0.5, 0.6) is 23.0 Å². The van der Waals surface area contributed by atoms with Crippen LogP contribution in [0, 0.1) is 6.92 Å². The highest BCUT2D eigenvalue weighted by Gasteiger charge is 2.34. The lowest BCUT2D eigenvalue weighted by Crippen LogP contribution is -2.40. The fourth-order valence-electron chi connectivity index (χ4n) is 5.38. The fraction of sp³-hybridized carbons (Fsp3) is 0.324. The predicted octanol–water partition coefficient (Wildman–Crippen LogP) is 6.53. The topological polar surface area (TPSA) is 97.6 Å². The molecule has 4 aromatic rings. The van der Waals surface area contributed by atoms with Crippen molar-refractivity contribution in [1.82, 2.24) is 4.57 Å². The number of ether oxygens (including phenoxy) is 5. The second-order valence-electron chi connectivity index (χ2n) is 11.4. The number of allylic oxidation sites excluding steroid dienone is 1. The van der Waals surface area contributed by atoms with Crippen LogP contribution >= 0.6 is 22.9 Å². The van der Waals surface area contributed by atoms with Crippen LogP contribution in [0.3, 0.4) is 0 Å². The zero-order valence-corrected chi connectivity index (χ0v) is 29.7. The Hall–Kier alpha value is -4.54. The van der Waals surface area contributed by atoms with E-state index in [0.717, 1.165) is 11.1 Å². The lowest BCUT2D eigenvalue weighted by Gasteiger charge is -2.25. The van der Waals surface area contributed by atoms with Crippen molar-refractivity contribution < 1.29 is 28.5 Å². The number of carbonyl (C=O) groups is 1. The molecule has 252 valence electrons. The second-order valence-corrected chi connectivity index (χ2v) is 12.8. The predicted molar refractivity (Wildman–Crippen MR) is 187 cm³/mol. The summed E-state index contributed by atoms with van der Waals surface area (Å²) in [7, 11) is 1.55. The Labute approximate surface area is 288 Å². The molecule has 5 rings (SSSR count). The van der Waals surface area contributed by atoms with Gasteiger partial charge in [-0.15, -0.1) is 0 Å². The zero-order valence-electron chi connectivity index (χ0n) is 28.1. The number of hydrogen-bond donors (Lipinski definition) is 0. The van der Waals surface area contributed by atoms with Crippen LogP contribution in [0.15, 0.2) is 75.7 Å². The number of rotatable bonds is 12. The first-order valence-electron chi connectivity index (χ1n) is 15.7. The summed E-state index contributed by atoms with van der Waals surface area (Å²) in [6.45, 7) is 12.1. The van der Waals surface area contributed by atoms with Gasteiger partial charge in [-0.2, -0.15) is 0 Å². The SMILES string of the molecule is CCOC(=O)C1=C(C)N=c2s/c(=C\c3cc(Cl)c(OCc4ccc(C)cc4)c(OCC)c3)c(=O)n2[C@@H]1c1ccc(OC(C)C)c(OC)c1. The van der Waals surface area contributed by atoms with Gasteiger partial charge in [0.05, 0.1) is 53.3 Å². The summed E-state index contributed by atoms with van der Waals surface area (Å²) in [4.78, 5) is 32.7. The summed E-state index contributed by atoms with van der Waals surface area (Å²) in [5, 5.41) is 0.348. The third-order valence-corrected chi connectivity index (χ3v) is 8.78. The number of esters is 1. The first-order valence-corrected chi connectivity index (χ1v) is 16.9. The molecule has 0 unspecified atom stereocenters. The van der Waals surface area contributed by atoms with Crippen molar-refractivity contribution in [2.75, 3.05) is 20.3 Å². The highest BCUT2D eigenvalue weighted by atomic mass is 35.5. The van der Waals surface area contributed by atoms with Gasteiger partial charge in [-0.3, -0.25) is 9.36 Å². The summed E-state index contributed by atoms with van der Waals surface area (Å²) in [6.07, 6.45) is 1.66. The van der Waals surface area contributed by atoms with Crippen molar-refractivity contribution in [3.05, 3.63) is 113 Å². The zero-order chi connectivity index (χ0) is 34.5. The van der Waals surface area contributed by atoms with E-state index in [4.69, 9.17) is 35.3 Å². The van der Waals surface area contributed by atoms with Gasteiger partial charge in [0, 0.05) is 0 Å². The van der Waals surface area contributed by atoms with Crippen molar-refractivity contribution in [2.45, 2.75) is 60.3 Å². The number of halogens is 1. The molecule has 0 fully saturated rings. The molecule has 0 N–H and O–H groups in total. The molecule has 3 aromatic carbocycles. The maximum absolute atomic E-state index is 14.2. The van der Waals surface area contributed by atoms with E-state index in [-0.39, 0.29) is 23.8 Å². The average molecular weight is 691 g/mol. The molecule has 0 saturated heterocycles.